The molecule has 0 spiro atoms. The Kier molecular flexibility index (Phi) is 57.4. The molecule has 686 valence electrons. The van der Waals surface area contributed by atoms with Crippen LogP contribution in [0.1, 0.15) is 0 Å². The fourth-order valence-corrected chi connectivity index (χ4v) is 881. The Morgan fingerprint density at radius 1 is 0.0702 bits per heavy atom. The van der Waals surface area contributed by atoms with Gasteiger partial charge in [0.15, 0.2) is 0 Å². The predicted molar refractivity (Wildman–Crippen MR) is 842 cm³/mol. The van der Waals surface area contributed by atoms with E-state index in [9.17, 15) is 0 Å². The van der Waals surface area contributed by atoms with Crippen LogP contribution >= 0.6 is 0 Å². The molecule has 0 unspecified atom stereocenters. The number of rotatable bonds is 37. The molecule has 0 aliphatic heterocycles. The Morgan fingerprint density at radius 3 is 0.140 bits per heavy atom. The maximum Gasteiger partial charge on any atom is 0.0451 e. The summed E-state index contributed by atoms with van der Waals surface area (Å²) in [5.41, 5.74) is 0. The maximum atomic E-state index is 6.26. The molecule has 0 rings (SSSR count). The molecule has 0 aromatic heterocycles. The molecular formula is H2S114. The summed E-state index contributed by atoms with van der Waals surface area (Å²) in [5.74, 6) is 0. The van der Waals surface area contributed by atoms with Crippen molar-refractivity contribution >= 4 is 1050 Å². The van der Waals surface area contributed by atoms with Gasteiger partial charge in [-0.1, -0.05) is 0 Å². The van der Waals surface area contributed by atoms with Gasteiger partial charge < -0.3 is 0 Å². The molecule has 0 bridgehead atoms. The van der Waals surface area contributed by atoms with Crippen LogP contribution < -0.4 is 0 Å². The van der Waals surface area contributed by atoms with E-state index in [4.69, 9.17) is 850 Å². The highest BCUT2D eigenvalue weighted by molar-refractivity contribution is 9.84. The van der Waals surface area contributed by atoms with E-state index in [1.165, 1.54) is 0 Å². The summed E-state index contributed by atoms with van der Waals surface area (Å²) >= 11 is 463. The second-order valence-corrected chi connectivity index (χ2v) is 410. The highest BCUT2D eigenvalue weighted by atomic mass is 34.5. The van der Waals surface area contributed by atoms with Gasteiger partial charge in [0.25, 0.3) is 0 Å². The molecule has 0 amide bonds. The van der Waals surface area contributed by atoms with Gasteiger partial charge >= 0.3 is 0 Å². The second-order valence-electron chi connectivity index (χ2n) is 15.2. The summed E-state index contributed by atoms with van der Waals surface area (Å²) in [7, 11) is -4.08. The van der Waals surface area contributed by atoms with Crippen LogP contribution in [0.25, 0.3) is 0 Å². The van der Waals surface area contributed by atoms with Crippen molar-refractivity contribution < 1.29 is 0 Å². The lowest BCUT2D eigenvalue weighted by Crippen LogP contribution is -2.41. The van der Waals surface area contributed by atoms with Crippen LogP contribution in [0.5, 0.6) is 0 Å². The van der Waals surface area contributed by atoms with Crippen LogP contribution in [0.4, 0.5) is 0 Å². The molecule has 114 heteroatoms. The third-order valence-corrected chi connectivity index (χ3v) is 740. The van der Waals surface area contributed by atoms with Crippen molar-refractivity contribution in [2.24, 2.45) is 0 Å². The molecule has 0 aliphatic carbocycles. The Balaban J connectivity index is 8.91. The molecule has 0 aromatic carbocycles. The standard InChI is InChI=1S/H2S114/c1-77(2)79(5,6)81(9,10)83(13,14)85(17,18)87(21,22)89(25,26)91(29,30)93(33,34)95(37,38)97(41,42)99(45,46)101(49,50)103(53,54)105(57,58)107(61,62)109(65,66)111(69,70)113(73,74)114(75,76)112(71,72)110(67,68)108(63,64)106(59,60)104(55,56)102(51,52)100(47,48)98(43,44)96(39,40)94(35,36)92(31,32)90(27,28)88(23,24)86(19,20)84(15,16)82(11,12)80(7,8)78(3)4/h77-78H. The fourth-order valence-electron chi connectivity index (χ4n) is 3.63. The average molecular weight is 3660 g/mol. The summed E-state index contributed by atoms with van der Waals surface area (Å²) in [4.78, 5) is 0. The molecule has 114 heavy (non-hydrogen) atoms. The van der Waals surface area contributed by atoms with Crippen LogP contribution in [-0.2, 0) is 1050 Å². The minimum atomic E-state index is -4.28. The molecule has 0 N–H and O–H groups in total. The van der Waals surface area contributed by atoms with Gasteiger partial charge in [0.2, 0.25) is 0 Å². The highest BCUT2D eigenvalue weighted by Gasteiger charge is 2.51. The van der Waals surface area contributed by atoms with Crippen molar-refractivity contribution in [1.29, 1.82) is 0 Å². The Bertz CT molecular complexity index is 8540. The smallest absolute Gasteiger partial charge is 0.0381 e. The van der Waals surface area contributed by atoms with E-state index in [2.05, 4.69) is 0 Å². The Labute approximate surface area is 1020 Å². The van der Waals surface area contributed by atoms with E-state index < -0.39 is 202 Å². The van der Waals surface area contributed by atoms with E-state index in [1.807, 2.05) is 0 Å². The molecule has 0 heterocycles. The topological polar surface area (TPSA) is 0 Å². The van der Waals surface area contributed by atoms with Crippen LogP contribution in [0, 0.1) is 0 Å². The molecule has 0 aliphatic rings. The van der Waals surface area contributed by atoms with Crippen LogP contribution in [0.2, 0.25) is 0 Å². The predicted octanol–water partition coefficient (Wildman–Crippen LogP) is -0.809. The number of thiol groups is 2. The summed E-state index contributed by atoms with van der Waals surface area (Å²) < 4.78 is 0. The zero-order valence-electron chi connectivity index (χ0n) is 46.6. The summed E-state index contributed by atoms with van der Waals surface area (Å²) in [6.07, 6.45) is 0. The lowest BCUT2D eigenvalue weighted by atomic mass is 29.7. The summed E-state index contributed by atoms with van der Waals surface area (Å²) in [6.45, 7) is 0. The van der Waals surface area contributed by atoms with Crippen LogP contribution in [-0.4, -0.2) is 0 Å². The third kappa shape index (κ3) is 22.2. The zero-order chi connectivity index (χ0) is 95.2. The first-order valence-corrected chi connectivity index (χ1v) is 170. The second kappa shape index (κ2) is 45.4. The van der Waals surface area contributed by atoms with Crippen molar-refractivity contribution in [1.82, 2.24) is 0 Å². The molecule has 0 saturated carbocycles. The van der Waals surface area contributed by atoms with Gasteiger partial charge in [0, 0.05) is 188 Å². The first-order valence-electron chi connectivity index (χ1n) is 18.9. The fraction of sp³-hybridized carbons (Fsp3) is 0. The van der Waals surface area contributed by atoms with Crippen molar-refractivity contribution in [3.63, 3.8) is 0 Å². The van der Waals surface area contributed by atoms with E-state index in [-0.39, 0.29) is 0 Å². The monoisotopic (exact) mass is 3650 g/mol. The van der Waals surface area contributed by atoms with Gasteiger partial charge in [-0.2, -0.15) is 0 Å². The van der Waals surface area contributed by atoms with Crippen molar-refractivity contribution in [2.75, 3.05) is 0 Å². The number of hydrogen-bond donors (Lipinski definition) is 2. The van der Waals surface area contributed by atoms with Crippen molar-refractivity contribution in [3.8, 4) is 0 Å². The first-order chi connectivity index (χ1) is 47.6. The minimum absolute atomic E-state index is 2.04. The van der Waals surface area contributed by atoms with E-state index in [0.29, 0.717) is 0 Å². The first kappa shape index (κ1) is 144. The molecule has 0 aromatic rings. The Hall–Kier alpha value is 30.0. The molecule has 0 fully saturated rings. The van der Waals surface area contributed by atoms with Gasteiger partial charge in [-0.05, 0) is 864 Å². The van der Waals surface area contributed by atoms with Crippen LogP contribution in [0.3, 0.4) is 0 Å². The summed E-state index contributed by atoms with van der Waals surface area (Å²) in [5, 5.41) is -145. The van der Waals surface area contributed by atoms with Gasteiger partial charge in [-0.15, -0.1) is 0 Å². The molecule has 0 nitrogen and oxygen atoms in total. The molecule has 0 atom stereocenters. The number of hydrogen-bond acceptors (Lipinski definition) is 76. The zero-order valence-corrected chi connectivity index (χ0v) is 140. The van der Waals surface area contributed by atoms with E-state index >= 15 is 0 Å². The van der Waals surface area contributed by atoms with E-state index in [1.54, 1.807) is 0 Å². The van der Waals surface area contributed by atoms with Gasteiger partial charge in [0.05, 0.1) is 0 Å². The van der Waals surface area contributed by atoms with Crippen molar-refractivity contribution in [3.05, 3.63) is 0 Å². The highest BCUT2D eigenvalue weighted by Crippen LogP contribution is 2.48. The van der Waals surface area contributed by atoms with Gasteiger partial charge in [-0.25, -0.2) is 0 Å². The average Bonchev–Trinajstić information content (AvgIpc) is 0.676. The molecule has 0 saturated heterocycles. The third-order valence-electron chi connectivity index (χ3n) is 9.13. The Morgan fingerprint density at radius 2 is 0.105 bits per heavy atom. The maximum absolute atomic E-state index is 6.26. The summed E-state index contributed by atoms with van der Waals surface area (Å²) in [6, 6.07) is 0. The van der Waals surface area contributed by atoms with Crippen molar-refractivity contribution in [2.45, 2.75) is 0 Å². The van der Waals surface area contributed by atoms with Gasteiger partial charge in [0.1, 0.15) is 0 Å². The quantitative estimate of drug-likeness (QED) is 0.0589. The van der Waals surface area contributed by atoms with Crippen LogP contribution in [0.15, 0.2) is 0 Å². The van der Waals surface area contributed by atoms with E-state index in [0.717, 1.165) is 0 Å². The molecule has 0 radical (unpaired) electrons. The SMILES string of the molecule is S=[SH](=S)S(=S)(=S)S(=S)(=S)S(=S)(=S)S(=S)(=S)S(=S)(=S)S(=S)(=S)S(=S)(=S)S(=S)(=S)S(=S)(=S)S(=S)(=S)S(=S)(=S)S(=S)(=S)S(=S)(=S)S(=S)(=S)S(=S)(=S)S(=S)(=S)S(=S)(=S)S(=S)(=S)S(=S)(=S)S(=S)(=S)S(=S)(=S)S(=S)(=S)S(=S)(=S)S(=S)(=S)S(=S)(=S)S(=S)(=S)S(=S)(=S)S(=S)(=S)S(=S)(=S)S(=S)(=S)S(=S)(=S)S(=S)(=S)S(=S)(=S)S(=S)(=S)S(=S)(=S)S(=S)(=S)[SH](=S)=S. The lowest BCUT2D eigenvalue weighted by Gasteiger charge is -2.37. The largest absolute Gasteiger partial charge is 0.0451 e. The molecular weight excluding hydrogens is 3660 g/mol. The normalized spacial score (nSPS) is 17.0. The minimum Gasteiger partial charge on any atom is -0.0381 e. The van der Waals surface area contributed by atoms with Gasteiger partial charge in [-0.3, -0.25) is 0 Å². The lowest BCUT2D eigenvalue weighted by molar-refractivity contribution is 4.96.